The molecule has 188 valence electrons. The second-order valence-corrected chi connectivity index (χ2v) is 9.75. The Kier molecular flexibility index (Phi) is 9.34. The van der Waals surface area contributed by atoms with E-state index in [0.29, 0.717) is 0 Å². The van der Waals surface area contributed by atoms with Gasteiger partial charge in [-0.15, -0.1) is 4.99 Å². The standard InChI is InChI=1S/C23H28N4O7S/c1-14(2)33-22(29)26-21(27-23(30)34-15(3)4)25-20-13-18(11-12-19(20)24-16(5)28)35(31,32)17-9-7-6-8-10-17/h6-15H,1-5H3,(H,24,28)(H2,25,26,27,29,30). The maximum Gasteiger partial charge on any atom is 0.437 e. The zero-order chi connectivity index (χ0) is 26.2. The van der Waals surface area contributed by atoms with Gasteiger partial charge in [-0.3, -0.25) is 10.1 Å². The first-order valence-electron chi connectivity index (χ1n) is 10.6. The second kappa shape index (κ2) is 12.0. The molecule has 0 aliphatic rings. The van der Waals surface area contributed by atoms with Crippen LogP contribution in [0.1, 0.15) is 34.6 Å². The van der Waals surface area contributed by atoms with Crippen LogP contribution in [0.5, 0.6) is 0 Å². The average Bonchev–Trinajstić information content (AvgIpc) is 2.73. The summed E-state index contributed by atoms with van der Waals surface area (Å²) in [5.41, 5.74) is 0.214. The van der Waals surface area contributed by atoms with Crippen LogP contribution in [0.3, 0.4) is 0 Å². The van der Waals surface area contributed by atoms with Gasteiger partial charge in [0.1, 0.15) is 0 Å². The van der Waals surface area contributed by atoms with E-state index < -0.39 is 46.1 Å². The summed E-state index contributed by atoms with van der Waals surface area (Å²) in [6.07, 6.45) is -2.88. The predicted octanol–water partition coefficient (Wildman–Crippen LogP) is 3.93. The first-order chi connectivity index (χ1) is 16.4. The molecule has 0 radical (unpaired) electrons. The topological polar surface area (TPSA) is 152 Å². The van der Waals surface area contributed by atoms with Crippen LogP contribution in [-0.2, 0) is 24.1 Å². The molecule has 2 rings (SSSR count). The third-order valence-corrected chi connectivity index (χ3v) is 5.79. The molecule has 3 N–H and O–H groups in total. The molecule has 12 heteroatoms. The third-order valence-electron chi connectivity index (χ3n) is 4.02. The largest absolute Gasteiger partial charge is 0.447 e. The number of benzene rings is 2. The van der Waals surface area contributed by atoms with Crippen LogP contribution in [0.4, 0.5) is 21.0 Å². The Morgan fingerprint density at radius 3 is 2.03 bits per heavy atom. The van der Waals surface area contributed by atoms with E-state index in [1.165, 1.54) is 37.3 Å². The smallest absolute Gasteiger partial charge is 0.437 e. The van der Waals surface area contributed by atoms with E-state index in [4.69, 9.17) is 9.47 Å². The highest BCUT2D eigenvalue weighted by atomic mass is 32.2. The van der Waals surface area contributed by atoms with E-state index in [9.17, 15) is 22.8 Å². The third kappa shape index (κ3) is 8.41. The second-order valence-electron chi connectivity index (χ2n) is 7.80. The Bertz CT molecular complexity index is 1210. The molecule has 0 aliphatic carbocycles. The molecule has 0 atom stereocenters. The van der Waals surface area contributed by atoms with E-state index in [1.807, 2.05) is 0 Å². The molecule has 0 spiro atoms. The quantitative estimate of drug-likeness (QED) is 0.395. The number of guanidine groups is 1. The molecule has 35 heavy (non-hydrogen) atoms. The Labute approximate surface area is 203 Å². The van der Waals surface area contributed by atoms with Gasteiger partial charge in [0.25, 0.3) is 0 Å². The summed E-state index contributed by atoms with van der Waals surface area (Å²) in [5, 5.41) is 7.53. The molecule has 0 saturated heterocycles. The molecule has 0 heterocycles. The Morgan fingerprint density at radius 2 is 1.46 bits per heavy atom. The number of rotatable bonds is 6. The monoisotopic (exact) mass is 504 g/mol. The van der Waals surface area contributed by atoms with Crippen LogP contribution >= 0.6 is 0 Å². The number of aliphatic imine (C=N–C) groups is 1. The highest BCUT2D eigenvalue weighted by molar-refractivity contribution is 7.91. The maximum atomic E-state index is 13.1. The highest BCUT2D eigenvalue weighted by Gasteiger charge is 2.21. The number of sulfone groups is 1. The summed E-state index contributed by atoms with van der Waals surface area (Å²) < 4.78 is 36.2. The molecule has 0 saturated carbocycles. The van der Waals surface area contributed by atoms with Crippen LogP contribution in [0.25, 0.3) is 0 Å². The fraction of sp³-hybridized carbons (Fsp3) is 0.304. The summed E-state index contributed by atoms with van der Waals surface area (Å²) in [5.74, 6) is -0.834. The lowest BCUT2D eigenvalue weighted by molar-refractivity contribution is -0.114. The fourth-order valence-electron chi connectivity index (χ4n) is 2.70. The first kappa shape index (κ1) is 27.3. The van der Waals surface area contributed by atoms with Gasteiger partial charge in [-0.05, 0) is 58.0 Å². The van der Waals surface area contributed by atoms with Crippen molar-refractivity contribution in [2.45, 2.75) is 56.6 Å². The summed E-state index contributed by atoms with van der Waals surface area (Å²) >= 11 is 0. The van der Waals surface area contributed by atoms with Gasteiger partial charge in [0.15, 0.2) is 0 Å². The Hall–Kier alpha value is -3.93. The highest BCUT2D eigenvalue weighted by Crippen LogP contribution is 2.29. The molecular formula is C23H28N4O7S. The lowest BCUT2D eigenvalue weighted by Crippen LogP contribution is -2.38. The number of carbonyl (C=O) groups is 3. The number of anilines is 2. The van der Waals surface area contributed by atoms with E-state index in [0.717, 1.165) is 0 Å². The number of hydrogen-bond donors (Lipinski definition) is 3. The van der Waals surface area contributed by atoms with Crippen LogP contribution in [-0.4, -0.2) is 44.7 Å². The molecule has 0 aliphatic heterocycles. The number of hydrogen-bond acceptors (Lipinski definition) is 7. The number of nitrogens with zero attached hydrogens (tertiary/aromatic N) is 1. The van der Waals surface area contributed by atoms with Crippen LogP contribution in [0.15, 0.2) is 63.3 Å². The van der Waals surface area contributed by atoms with Gasteiger partial charge in [0, 0.05) is 6.92 Å². The maximum absolute atomic E-state index is 13.1. The van der Waals surface area contributed by atoms with Crippen LogP contribution in [0.2, 0.25) is 0 Å². The SMILES string of the molecule is CC(=O)Nc1ccc(S(=O)(=O)c2ccccc2)cc1N/C(=N\C(=O)OC(C)C)NC(=O)OC(C)C. The number of carbonyl (C=O) groups excluding carboxylic acids is 3. The van der Waals surface area contributed by atoms with E-state index in [-0.39, 0.29) is 21.2 Å². The Morgan fingerprint density at radius 1 is 0.829 bits per heavy atom. The van der Waals surface area contributed by atoms with Crippen molar-refractivity contribution in [1.29, 1.82) is 0 Å². The molecule has 0 unspecified atom stereocenters. The molecule has 2 aromatic rings. The van der Waals surface area contributed by atoms with E-state index >= 15 is 0 Å². The lowest BCUT2D eigenvalue weighted by Gasteiger charge is -2.17. The number of ether oxygens (including phenoxy) is 2. The summed E-state index contributed by atoms with van der Waals surface area (Å²) in [6, 6.07) is 11.7. The van der Waals surface area contributed by atoms with Crippen molar-refractivity contribution < 1.29 is 32.3 Å². The summed E-state index contributed by atoms with van der Waals surface area (Å²) in [7, 11) is -3.92. The summed E-state index contributed by atoms with van der Waals surface area (Å²) in [6.45, 7) is 7.76. The molecule has 0 fully saturated rings. The van der Waals surface area contributed by atoms with Crippen LogP contribution < -0.4 is 16.0 Å². The van der Waals surface area contributed by atoms with Crippen molar-refractivity contribution in [1.82, 2.24) is 5.32 Å². The van der Waals surface area contributed by atoms with Crippen molar-refractivity contribution in [3.05, 3.63) is 48.5 Å². The van der Waals surface area contributed by atoms with Gasteiger partial charge in [0.2, 0.25) is 21.7 Å². The van der Waals surface area contributed by atoms with Gasteiger partial charge in [-0.2, -0.15) is 0 Å². The zero-order valence-electron chi connectivity index (χ0n) is 20.0. The number of alkyl carbamates (subject to hydrolysis) is 1. The molecule has 3 amide bonds. The van der Waals surface area contributed by atoms with Crippen molar-refractivity contribution >= 4 is 45.3 Å². The zero-order valence-corrected chi connectivity index (χ0v) is 20.8. The van der Waals surface area contributed by atoms with Crippen molar-refractivity contribution in [2.75, 3.05) is 10.6 Å². The molecule has 0 bridgehead atoms. The summed E-state index contributed by atoms with van der Waals surface area (Å²) in [4.78, 5) is 39.6. The van der Waals surface area contributed by atoms with Crippen molar-refractivity contribution in [2.24, 2.45) is 4.99 Å². The van der Waals surface area contributed by atoms with Gasteiger partial charge < -0.3 is 20.1 Å². The minimum atomic E-state index is -3.92. The normalized spacial score (nSPS) is 11.7. The number of nitrogens with one attached hydrogen (secondary N) is 3. The fourth-order valence-corrected chi connectivity index (χ4v) is 4.01. The van der Waals surface area contributed by atoms with Gasteiger partial charge in [-0.1, -0.05) is 18.2 Å². The molecule has 2 aromatic carbocycles. The van der Waals surface area contributed by atoms with Crippen LogP contribution in [0, 0.1) is 0 Å². The average molecular weight is 505 g/mol. The lowest BCUT2D eigenvalue weighted by atomic mass is 10.2. The van der Waals surface area contributed by atoms with E-state index in [1.54, 1.807) is 45.9 Å². The van der Waals surface area contributed by atoms with Gasteiger partial charge >= 0.3 is 12.2 Å². The molecule has 0 aromatic heterocycles. The first-order valence-corrected chi connectivity index (χ1v) is 12.1. The molecular weight excluding hydrogens is 476 g/mol. The Balaban J connectivity index is 2.53. The molecule has 11 nitrogen and oxygen atoms in total. The van der Waals surface area contributed by atoms with E-state index in [2.05, 4.69) is 20.9 Å². The van der Waals surface area contributed by atoms with Crippen molar-refractivity contribution in [3.8, 4) is 0 Å². The van der Waals surface area contributed by atoms with Gasteiger partial charge in [-0.25, -0.2) is 18.0 Å². The van der Waals surface area contributed by atoms with Gasteiger partial charge in [0.05, 0.1) is 33.4 Å². The van der Waals surface area contributed by atoms with Crippen molar-refractivity contribution in [3.63, 3.8) is 0 Å². The minimum Gasteiger partial charge on any atom is -0.447 e. The number of amides is 3. The minimum absolute atomic E-state index is 0.0400. The predicted molar refractivity (Wildman–Crippen MR) is 130 cm³/mol.